The molecule has 92 valence electrons. The minimum atomic E-state index is 1.04. The van der Waals surface area contributed by atoms with Crippen molar-refractivity contribution in [3.63, 3.8) is 0 Å². The number of benzene rings is 2. The molecule has 0 aliphatic heterocycles. The van der Waals surface area contributed by atoms with Crippen molar-refractivity contribution in [1.82, 2.24) is 9.55 Å². The topological polar surface area (TPSA) is 17.8 Å². The second-order valence-electron chi connectivity index (χ2n) is 3.94. The third-order valence-electron chi connectivity index (χ3n) is 2.74. The quantitative estimate of drug-likeness (QED) is 0.616. The highest BCUT2D eigenvalue weighted by Crippen LogP contribution is 2.18. The van der Waals surface area contributed by atoms with Crippen LogP contribution in [0, 0.1) is 6.92 Å². The first kappa shape index (κ1) is 12.4. The zero-order valence-corrected chi connectivity index (χ0v) is 11.1. The van der Waals surface area contributed by atoms with Gasteiger partial charge in [-0.25, -0.2) is 4.98 Å². The van der Waals surface area contributed by atoms with Gasteiger partial charge in [0.05, 0.1) is 11.0 Å². The molecule has 0 bridgehead atoms. The summed E-state index contributed by atoms with van der Waals surface area (Å²) in [5.74, 6) is 0. The van der Waals surface area contributed by atoms with E-state index in [-0.39, 0.29) is 0 Å². The minimum Gasteiger partial charge on any atom is -0.299 e. The van der Waals surface area contributed by atoms with Gasteiger partial charge in [-0.1, -0.05) is 38.1 Å². The van der Waals surface area contributed by atoms with E-state index in [2.05, 4.69) is 46.8 Å². The maximum absolute atomic E-state index is 4.40. The molecule has 0 saturated heterocycles. The van der Waals surface area contributed by atoms with E-state index in [1.54, 1.807) is 0 Å². The summed E-state index contributed by atoms with van der Waals surface area (Å²) < 4.78 is 2.11. The number of rotatable bonds is 1. The fourth-order valence-electron chi connectivity index (χ4n) is 1.91. The number of fused-ring (bicyclic) bond motifs is 1. The lowest BCUT2D eigenvalue weighted by molar-refractivity contribution is 1.09. The SMILES string of the molecule is CC.Cc1ccc2ncn(-c3ccccc3)c2c1. The molecule has 2 nitrogen and oxygen atoms in total. The number of imidazole rings is 1. The van der Waals surface area contributed by atoms with Gasteiger partial charge in [-0.05, 0) is 36.8 Å². The van der Waals surface area contributed by atoms with E-state index in [1.807, 2.05) is 38.4 Å². The molecule has 0 amide bonds. The Morgan fingerprint density at radius 3 is 2.39 bits per heavy atom. The zero-order valence-electron chi connectivity index (χ0n) is 11.1. The number of para-hydroxylation sites is 1. The van der Waals surface area contributed by atoms with E-state index in [9.17, 15) is 0 Å². The van der Waals surface area contributed by atoms with E-state index in [4.69, 9.17) is 0 Å². The summed E-state index contributed by atoms with van der Waals surface area (Å²) in [7, 11) is 0. The molecule has 0 spiro atoms. The Hall–Kier alpha value is -2.09. The van der Waals surface area contributed by atoms with Gasteiger partial charge in [-0.3, -0.25) is 4.57 Å². The van der Waals surface area contributed by atoms with Gasteiger partial charge in [0, 0.05) is 5.69 Å². The Kier molecular flexibility index (Phi) is 3.78. The molecule has 2 heteroatoms. The van der Waals surface area contributed by atoms with Crippen molar-refractivity contribution in [2.75, 3.05) is 0 Å². The summed E-state index contributed by atoms with van der Waals surface area (Å²) >= 11 is 0. The van der Waals surface area contributed by atoms with Gasteiger partial charge in [-0.2, -0.15) is 0 Å². The van der Waals surface area contributed by atoms with Crippen LogP contribution >= 0.6 is 0 Å². The second-order valence-corrected chi connectivity index (χ2v) is 3.94. The Balaban J connectivity index is 0.000000574. The Labute approximate surface area is 108 Å². The molecular formula is C16H18N2. The van der Waals surface area contributed by atoms with Crippen LogP contribution < -0.4 is 0 Å². The zero-order chi connectivity index (χ0) is 13.0. The number of nitrogens with zero attached hydrogens (tertiary/aromatic N) is 2. The van der Waals surface area contributed by atoms with Gasteiger partial charge in [0.15, 0.2) is 0 Å². The van der Waals surface area contributed by atoms with Crippen LogP contribution in [-0.2, 0) is 0 Å². The second kappa shape index (κ2) is 5.50. The molecule has 0 saturated carbocycles. The molecule has 2 aromatic carbocycles. The first-order chi connectivity index (χ1) is 8.84. The predicted molar refractivity (Wildman–Crippen MR) is 77.2 cm³/mol. The molecule has 3 aromatic rings. The number of aryl methyl sites for hydroxylation is 1. The molecule has 0 radical (unpaired) electrons. The molecule has 1 aromatic heterocycles. The number of hydrogen-bond acceptors (Lipinski definition) is 1. The standard InChI is InChI=1S/C14H12N2.C2H6/c1-11-7-8-13-14(9-11)16(10-15-13)12-5-3-2-4-6-12;1-2/h2-10H,1H3;1-2H3. The van der Waals surface area contributed by atoms with Crippen molar-refractivity contribution in [3.8, 4) is 5.69 Å². The van der Waals surface area contributed by atoms with E-state index in [0.29, 0.717) is 0 Å². The van der Waals surface area contributed by atoms with Crippen LogP contribution in [0.3, 0.4) is 0 Å². The first-order valence-electron chi connectivity index (χ1n) is 6.34. The van der Waals surface area contributed by atoms with Crippen LogP contribution in [0.4, 0.5) is 0 Å². The van der Waals surface area contributed by atoms with Crippen LogP contribution in [0.1, 0.15) is 19.4 Å². The fraction of sp³-hybridized carbons (Fsp3) is 0.188. The monoisotopic (exact) mass is 238 g/mol. The first-order valence-corrected chi connectivity index (χ1v) is 6.34. The largest absolute Gasteiger partial charge is 0.299 e. The smallest absolute Gasteiger partial charge is 0.100 e. The fourth-order valence-corrected chi connectivity index (χ4v) is 1.91. The summed E-state index contributed by atoms with van der Waals surface area (Å²) in [6.07, 6.45) is 1.87. The van der Waals surface area contributed by atoms with Crippen molar-refractivity contribution in [2.24, 2.45) is 0 Å². The molecule has 0 atom stereocenters. The van der Waals surface area contributed by atoms with Gasteiger partial charge >= 0.3 is 0 Å². The third-order valence-corrected chi connectivity index (χ3v) is 2.74. The molecule has 0 aliphatic carbocycles. The van der Waals surface area contributed by atoms with Crippen molar-refractivity contribution in [1.29, 1.82) is 0 Å². The van der Waals surface area contributed by atoms with E-state index in [0.717, 1.165) is 16.7 Å². The normalized spacial score (nSPS) is 9.94. The molecule has 0 fully saturated rings. The molecule has 18 heavy (non-hydrogen) atoms. The summed E-state index contributed by atoms with van der Waals surface area (Å²) in [6, 6.07) is 16.6. The highest BCUT2D eigenvalue weighted by Gasteiger charge is 2.03. The van der Waals surface area contributed by atoms with E-state index in [1.165, 1.54) is 5.56 Å². The number of hydrogen-bond donors (Lipinski definition) is 0. The molecule has 1 heterocycles. The van der Waals surface area contributed by atoms with E-state index >= 15 is 0 Å². The van der Waals surface area contributed by atoms with Crippen LogP contribution in [0.5, 0.6) is 0 Å². The van der Waals surface area contributed by atoms with Gasteiger partial charge < -0.3 is 0 Å². The van der Waals surface area contributed by atoms with Gasteiger partial charge in [0.25, 0.3) is 0 Å². The molecule has 3 rings (SSSR count). The molecule has 0 unspecified atom stereocenters. The van der Waals surface area contributed by atoms with Crippen LogP contribution in [0.25, 0.3) is 16.7 Å². The highest BCUT2D eigenvalue weighted by atomic mass is 15.0. The number of aromatic nitrogens is 2. The maximum atomic E-state index is 4.40. The van der Waals surface area contributed by atoms with Crippen molar-refractivity contribution < 1.29 is 0 Å². The van der Waals surface area contributed by atoms with Crippen LogP contribution in [0.15, 0.2) is 54.9 Å². The Morgan fingerprint density at radius 2 is 1.67 bits per heavy atom. The highest BCUT2D eigenvalue weighted by molar-refractivity contribution is 5.78. The predicted octanol–water partition coefficient (Wildman–Crippen LogP) is 4.36. The lowest BCUT2D eigenvalue weighted by Crippen LogP contribution is -1.90. The summed E-state index contributed by atoms with van der Waals surface area (Å²) in [4.78, 5) is 4.40. The summed E-state index contributed by atoms with van der Waals surface area (Å²) in [5, 5.41) is 0. The average Bonchev–Trinajstić information content (AvgIpc) is 2.85. The lowest BCUT2D eigenvalue weighted by Gasteiger charge is -2.03. The minimum absolute atomic E-state index is 1.04. The summed E-state index contributed by atoms with van der Waals surface area (Å²) in [5.41, 5.74) is 4.60. The van der Waals surface area contributed by atoms with Gasteiger partial charge in [0.2, 0.25) is 0 Å². The van der Waals surface area contributed by atoms with Crippen LogP contribution in [-0.4, -0.2) is 9.55 Å². The van der Waals surface area contributed by atoms with E-state index < -0.39 is 0 Å². The molecular weight excluding hydrogens is 220 g/mol. The van der Waals surface area contributed by atoms with Gasteiger partial charge in [0.1, 0.15) is 6.33 Å². The van der Waals surface area contributed by atoms with Crippen molar-refractivity contribution >= 4 is 11.0 Å². The Bertz CT molecular complexity index is 624. The van der Waals surface area contributed by atoms with Gasteiger partial charge in [-0.15, -0.1) is 0 Å². The Morgan fingerprint density at radius 1 is 0.944 bits per heavy atom. The van der Waals surface area contributed by atoms with Crippen LogP contribution in [0.2, 0.25) is 0 Å². The average molecular weight is 238 g/mol. The van der Waals surface area contributed by atoms with Crippen molar-refractivity contribution in [3.05, 3.63) is 60.4 Å². The summed E-state index contributed by atoms with van der Waals surface area (Å²) in [6.45, 7) is 6.10. The van der Waals surface area contributed by atoms with Crippen molar-refractivity contribution in [2.45, 2.75) is 20.8 Å². The lowest BCUT2D eigenvalue weighted by atomic mass is 10.2. The maximum Gasteiger partial charge on any atom is 0.100 e. The third kappa shape index (κ3) is 2.28. The molecule has 0 aliphatic rings. The molecule has 0 N–H and O–H groups in total.